The van der Waals surface area contributed by atoms with Crippen molar-refractivity contribution in [2.24, 2.45) is 10.9 Å². The highest BCUT2D eigenvalue weighted by molar-refractivity contribution is 7.99. The van der Waals surface area contributed by atoms with Gasteiger partial charge in [0.1, 0.15) is 5.92 Å². The quantitative estimate of drug-likeness (QED) is 0.483. The average Bonchev–Trinajstić information content (AvgIpc) is 2.84. The second-order valence-corrected chi connectivity index (χ2v) is 11.0. The highest BCUT2D eigenvalue weighted by Gasteiger charge is 2.44. The lowest BCUT2D eigenvalue weighted by atomic mass is 9.93. The maximum absolute atomic E-state index is 13.7. The molecule has 0 radical (unpaired) electrons. The van der Waals surface area contributed by atoms with E-state index in [0.717, 1.165) is 70.2 Å². The number of halogens is 3. The van der Waals surface area contributed by atoms with Crippen LogP contribution in [-0.2, 0) is 9.59 Å². The summed E-state index contributed by atoms with van der Waals surface area (Å²) in [5.41, 5.74) is 2.36. The van der Waals surface area contributed by atoms with Gasteiger partial charge in [-0.25, -0.2) is 4.99 Å². The van der Waals surface area contributed by atoms with Crippen LogP contribution < -0.4 is 10.6 Å². The first-order chi connectivity index (χ1) is 17.6. The van der Waals surface area contributed by atoms with Crippen molar-refractivity contribution in [2.45, 2.75) is 74.0 Å². The largest absolute Gasteiger partial charge is 0.435 e. The predicted octanol–water partition coefficient (Wildman–Crippen LogP) is 5.94. The lowest BCUT2D eigenvalue weighted by Gasteiger charge is -2.31. The van der Waals surface area contributed by atoms with E-state index in [9.17, 15) is 22.8 Å². The Morgan fingerprint density at radius 2 is 1.57 bits per heavy atom. The number of hydrogen-bond acceptors (Lipinski definition) is 4. The molecule has 1 aliphatic carbocycles. The van der Waals surface area contributed by atoms with Gasteiger partial charge in [-0.1, -0.05) is 55.3 Å². The first kappa shape index (κ1) is 25.6. The van der Waals surface area contributed by atoms with Gasteiger partial charge in [0.25, 0.3) is 5.91 Å². The molecule has 194 valence electrons. The van der Waals surface area contributed by atoms with E-state index in [1.165, 1.54) is 0 Å². The molecular weight excluding hydrogens is 499 g/mol. The van der Waals surface area contributed by atoms with E-state index in [4.69, 9.17) is 0 Å². The summed E-state index contributed by atoms with van der Waals surface area (Å²) >= 11 is 1.61. The van der Waals surface area contributed by atoms with Gasteiger partial charge in [-0.2, -0.15) is 13.2 Å². The Bertz CT molecular complexity index is 1260. The van der Waals surface area contributed by atoms with Crippen molar-refractivity contribution >= 4 is 29.3 Å². The van der Waals surface area contributed by atoms with Gasteiger partial charge in [-0.15, -0.1) is 0 Å². The number of fused-ring (bicyclic) bond motifs is 2. The number of aryl methyl sites for hydroxylation is 2. The summed E-state index contributed by atoms with van der Waals surface area (Å²) in [5, 5.41) is 5.89. The number of hydrogen-bond donors (Lipinski definition) is 2. The van der Waals surface area contributed by atoms with E-state index in [2.05, 4.69) is 15.6 Å². The van der Waals surface area contributed by atoms with Crippen LogP contribution in [0.15, 0.2) is 63.0 Å². The molecule has 5 rings (SSSR count). The molecule has 9 heteroatoms. The molecule has 1 saturated carbocycles. The van der Waals surface area contributed by atoms with Crippen LogP contribution in [0.2, 0.25) is 0 Å². The van der Waals surface area contributed by atoms with Gasteiger partial charge >= 0.3 is 6.18 Å². The van der Waals surface area contributed by atoms with E-state index in [-0.39, 0.29) is 11.7 Å². The molecule has 2 N–H and O–H groups in total. The zero-order chi connectivity index (χ0) is 26.3. The van der Waals surface area contributed by atoms with E-state index in [1.807, 2.05) is 50.2 Å². The Hall–Kier alpha value is -3.07. The van der Waals surface area contributed by atoms with Crippen molar-refractivity contribution in [3.8, 4) is 0 Å². The summed E-state index contributed by atoms with van der Waals surface area (Å²) in [4.78, 5) is 31.5. The smallest absolute Gasteiger partial charge is 0.381 e. The number of allylic oxidation sites excluding steroid dienone is 1. The van der Waals surface area contributed by atoms with Crippen molar-refractivity contribution in [1.82, 2.24) is 10.6 Å². The molecule has 1 unspecified atom stereocenters. The van der Waals surface area contributed by atoms with Crippen molar-refractivity contribution in [1.29, 1.82) is 0 Å². The molecule has 5 nitrogen and oxygen atoms in total. The maximum atomic E-state index is 13.7. The lowest BCUT2D eigenvalue weighted by Crippen LogP contribution is -2.45. The number of nitrogens with zero attached hydrogens (tertiary/aromatic N) is 1. The van der Waals surface area contributed by atoms with Crippen LogP contribution in [0.1, 0.15) is 60.4 Å². The summed E-state index contributed by atoms with van der Waals surface area (Å²) < 4.78 is 41.2. The van der Waals surface area contributed by atoms with E-state index in [0.29, 0.717) is 0 Å². The molecule has 0 aromatic heterocycles. The second-order valence-electron chi connectivity index (χ2n) is 9.96. The van der Waals surface area contributed by atoms with Crippen LogP contribution in [0.25, 0.3) is 0 Å². The number of dihydropyridines is 1. The molecule has 37 heavy (non-hydrogen) atoms. The third-order valence-corrected chi connectivity index (χ3v) is 8.21. The van der Waals surface area contributed by atoms with Gasteiger partial charge in [0.05, 0.1) is 11.7 Å². The zero-order valence-corrected chi connectivity index (χ0v) is 21.4. The molecule has 3 aliphatic rings. The Balaban J connectivity index is 1.46. The fourth-order valence-corrected chi connectivity index (χ4v) is 6.49. The van der Waals surface area contributed by atoms with Crippen LogP contribution in [0.3, 0.4) is 0 Å². The molecule has 2 amide bonds. The van der Waals surface area contributed by atoms with Gasteiger partial charge in [0, 0.05) is 15.8 Å². The summed E-state index contributed by atoms with van der Waals surface area (Å²) in [5.74, 6) is -3.24. The molecule has 2 aliphatic heterocycles. The van der Waals surface area contributed by atoms with Crippen LogP contribution in [0, 0.1) is 19.8 Å². The number of alkyl halides is 3. The highest BCUT2D eigenvalue weighted by Crippen LogP contribution is 2.45. The topological polar surface area (TPSA) is 70.6 Å². The SMILES string of the molecule is Cc1ccc2c(c1)Sc1cc(C)ccc1C2NC(=O)C1C=C(NC2CCCCC2)C(C(F)(F)F)=NC1=O. The Morgan fingerprint density at radius 1 is 0.973 bits per heavy atom. The third kappa shape index (κ3) is 5.32. The number of carbonyl (C=O) groups excluding carboxylic acids is 2. The second kappa shape index (κ2) is 10.0. The average molecular weight is 528 g/mol. The monoisotopic (exact) mass is 527 g/mol. The normalized spacial score (nSPS) is 20.5. The molecule has 2 aromatic carbocycles. The van der Waals surface area contributed by atoms with Crippen molar-refractivity contribution < 1.29 is 22.8 Å². The molecule has 0 bridgehead atoms. The maximum Gasteiger partial charge on any atom is 0.435 e. The van der Waals surface area contributed by atoms with E-state index < -0.39 is 35.7 Å². The molecule has 1 atom stereocenters. The molecule has 0 spiro atoms. The molecule has 1 fully saturated rings. The fraction of sp³-hybridized carbons (Fsp3) is 0.393. The van der Waals surface area contributed by atoms with Crippen molar-refractivity contribution in [2.75, 3.05) is 0 Å². The molecular formula is C28H28F3N3O2S. The summed E-state index contributed by atoms with van der Waals surface area (Å²) in [7, 11) is 0. The van der Waals surface area contributed by atoms with Gasteiger partial charge < -0.3 is 10.6 Å². The van der Waals surface area contributed by atoms with Crippen molar-refractivity contribution in [3.63, 3.8) is 0 Å². The predicted molar refractivity (Wildman–Crippen MR) is 137 cm³/mol. The molecule has 0 saturated heterocycles. The zero-order valence-electron chi connectivity index (χ0n) is 20.6. The number of carbonyl (C=O) groups is 2. The van der Waals surface area contributed by atoms with Gasteiger partial charge in [0.2, 0.25) is 5.91 Å². The van der Waals surface area contributed by atoms with E-state index >= 15 is 0 Å². The van der Waals surface area contributed by atoms with E-state index in [1.54, 1.807) is 11.8 Å². The van der Waals surface area contributed by atoms with Gasteiger partial charge in [-0.3, -0.25) is 9.59 Å². The van der Waals surface area contributed by atoms with Gasteiger partial charge in [0.15, 0.2) is 5.71 Å². The van der Waals surface area contributed by atoms with Gasteiger partial charge in [-0.05, 0) is 67.2 Å². The first-order valence-electron chi connectivity index (χ1n) is 12.5. The van der Waals surface area contributed by atoms with Crippen LogP contribution in [-0.4, -0.2) is 29.7 Å². The number of benzene rings is 2. The number of rotatable bonds is 4. The minimum atomic E-state index is -4.81. The molecule has 2 heterocycles. The Morgan fingerprint density at radius 3 is 2.14 bits per heavy atom. The number of aliphatic imine (C=N–C) groups is 1. The minimum Gasteiger partial charge on any atom is -0.381 e. The highest BCUT2D eigenvalue weighted by atomic mass is 32.2. The van der Waals surface area contributed by atoms with Crippen LogP contribution in [0.4, 0.5) is 13.2 Å². The molecule has 2 aromatic rings. The third-order valence-electron chi connectivity index (χ3n) is 7.06. The number of amides is 2. The minimum absolute atomic E-state index is 0.148. The standard InChI is InChI=1S/C28H28F3N3O2S/c1-15-8-10-18-22(12-15)37-23-13-16(2)9-11-19(23)24(18)33-26(35)20-14-21(32-17-6-4-3-5-7-17)25(28(29,30)31)34-27(20)36/h8-14,17,20,24,32H,3-7H2,1-2H3,(H,33,35). The first-order valence-corrected chi connectivity index (χ1v) is 13.3. The van der Waals surface area contributed by atoms with Crippen LogP contribution >= 0.6 is 11.8 Å². The lowest BCUT2D eigenvalue weighted by molar-refractivity contribution is -0.132. The Kier molecular flexibility index (Phi) is 6.91. The van der Waals surface area contributed by atoms with Crippen LogP contribution in [0.5, 0.6) is 0 Å². The summed E-state index contributed by atoms with van der Waals surface area (Å²) in [6, 6.07) is 11.2. The summed E-state index contributed by atoms with van der Waals surface area (Å²) in [6.07, 6.45) is 0.652. The fourth-order valence-electron chi connectivity index (χ4n) is 5.15. The van der Waals surface area contributed by atoms with Crippen molar-refractivity contribution in [3.05, 3.63) is 70.4 Å². The Labute approximate surface area is 218 Å². The number of nitrogens with one attached hydrogen (secondary N) is 2. The summed E-state index contributed by atoms with van der Waals surface area (Å²) in [6.45, 7) is 3.98.